The third kappa shape index (κ3) is 8.39. The number of aliphatic hydroxyl groups is 1. The van der Waals surface area contributed by atoms with Crippen LogP contribution in [0, 0.1) is 59.2 Å². The average molecular weight is 729 g/mol. The normalized spacial score (nSPS) is 43.2. The summed E-state index contributed by atoms with van der Waals surface area (Å²) >= 11 is 0. The number of carbonyl (C=O) groups is 4. The van der Waals surface area contributed by atoms with Crippen molar-refractivity contribution in [3.63, 3.8) is 0 Å². The molecule has 1 aliphatic heterocycles. The van der Waals surface area contributed by atoms with Gasteiger partial charge in [-0.3, -0.25) is 19.2 Å². The Morgan fingerprint density at radius 2 is 1.19 bits per heavy atom. The fourth-order valence-corrected chi connectivity index (χ4v) is 11.8. The SMILES string of the molecule is CCC(C)C(=O)OC1(C)C2CC3CC(C2)CC1C3.CCC(C)C(=O)OC12CC3CC(CC(O)(C3)C1)C2.CCC(C)C(=O)OC1CC2CC(C1)C(=O)O2. The standard InChI is InChI=1S/C16H26O2.C15H24O3.C12H18O4/c1-4-10(2)15(17)18-16(3)13-6-11-5-12(8-13)9-14(16)7-11;1-3-10(2)13(16)18-15-7-11-4-12(8-15)6-14(17,5-11)9-15;1-3-7(2)11(13)15-9-4-8-5-10(6-9)16-12(8)14/h10-14H,4-9H2,1-3H3;10-12,17H,3-9H2,1-2H3;7-10H,3-6H2,1-2H3. The first-order chi connectivity index (χ1) is 24.6. The zero-order chi connectivity index (χ0) is 37.6. The van der Waals surface area contributed by atoms with Gasteiger partial charge in [0.2, 0.25) is 0 Å². The van der Waals surface area contributed by atoms with Crippen LogP contribution in [0.15, 0.2) is 0 Å². The molecule has 10 aliphatic rings. The molecule has 294 valence electrons. The lowest BCUT2D eigenvalue weighted by molar-refractivity contribution is -0.222. The molecule has 1 N–H and O–H groups in total. The number of hydrogen-bond acceptors (Lipinski definition) is 9. The van der Waals surface area contributed by atoms with Gasteiger partial charge in [0.05, 0.1) is 29.3 Å². The van der Waals surface area contributed by atoms with Crippen molar-refractivity contribution in [2.45, 2.75) is 187 Å². The van der Waals surface area contributed by atoms with Gasteiger partial charge in [0.25, 0.3) is 0 Å². The third-order valence-corrected chi connectivity index (χ3v) is 14.9. The van der Waals surface area contributed by atoms with Gasteiger partial charge in [0.1, 0.15) is 23.4 Å². The van der Waals surface area contributed by atoms with Crippen LogP contribution in [0.5, 0.6) is 0 Å². The number of hydrogen-bond donors (Lipinski definition) is 1. The zero-order valence-electron chi connectivity index (χ0n) is 33.2. The van der Waals surface area contributed by atoms with Crippen molar-refractivity contribution in [2.24, 2.45) is 59.2 Å². The summed E-state index contributed by atoms with van der Waals surface area (Å²) < 4.78 is 22.5. The maximum Gasteiger partial charge on any atom is 0.309 e. The van der Waals surface area contributed by atoms with E-state index in [4.69, 9.17) is 18.9 Å². The van der Waals surface area contributed by atoms with E-state index in [9.17, 15) is 24.3 Å². The summed E-state index contributed by atoms with van der Waals surface area (Å²) in [4.78, 5) is 47.1. The summed E-state index contributed by atoms with van der Waals surface area (Å²) in [5.74, 6) is 3.91. The molecule has 1 heterocycles. The Balaban J connectivity index is 0.000000134. The molecule has 1 saturated heterocycles. The lowest BCUT2D eigenvalue weighted by Gasteiger charge is -2.59. The summed E-state index contributed by atoms with van der Waals surface area (Å²) in [6.07, 6.45) is 16.8. The Morgan fingerprint density at radius 1 is 0.692 bits per heavy atom. The molecule has 0 amide bonds. The lowest BCUT2D eigenvalue weighted by Crippen LogP contribution is -2.60. The largest absolute Gasteiger partial charge is 0.462 e. The number of esters is 4. The van der Waals surface area contributed by atoms with E-state index < -0.39 is 5.60 Å². The van der Waals surface area contributed by atoms with Crippen molar-refractivity contribution < 1.29 is 43.2 Å². The molecule has 10 fully saturated rings. The summed E-state index contributed by atoms with van der Waals surface area (Å²) in [6, 6.07) is 0. The Labute approximate surface area is 312 Å². The van der Waals surface area contributed by atoms with Gasteiger partial charge in [-0.05, 0) is 139 Å². The van der Waals surface area contributed by atoms with Gasteiger partial charge in [-0.25, -0.2) is 0 Å². The van der Waals surface area contributed by atoms with Crippen molar-refractivity contribution in [1.29, 1.82) is 0 Å². The number of ether oxygens (including phenoxy) is 4. The predicted molar refractivity (Wildman–Crippen MR) is 195 cm³/mol. The van der Waals surface area contributed by atoms with Crippen LogP contribution in [0.2, 0.25) is 0 Å². The summed E-state index contributed by atoms with van der Waals surface area (Å²) in [5.41, 5.74) is -1.02. The van der Waals surface area contributed by atoms with Crippen LogP contribution in [0.25, 0.3) is 0 Å². The van der Waals surface area contributed by atoms with Gasteiger partial charge in [0, 0.05) is 12.8 Å². The molecule has 9 nitrogen and oxygen atoms in total. The maximum absolute atomic E-state index is 12.1. The van der Waals surface area contributed by atoms with E-state index in [-0.39, 0.29) is 71.0 Å². The molecule has 9 heteroatoms. The van der Waals surface area contributed by atoms with Gasteiger partial charge in [-0.2, -0.15) is 0 Å². The minimum atomic E-state index is -0.542. The van der Waals surface area contributed by atoms with E-state index in [1.165, 1.54) is 38.5 Å². The highest BCUT2D eigenvalue weighted by Crippen LogP contribution is 2.60. The van der Waals surface area contributed by atoms with E-state index in [2.05, 4.69) is 13.8 Å². The third-order valence-electron chi connectivity index (χ3n) is 14.9. The van der Waals surface area contributed by atoms with E-state index in [1.54, 1.807) is 0 Å². The van der Waals surface area contributed by atoms with Crippen molar-refractivity contribution in [3.05, 3.63) is 0 Å². The van der Waals surface area contributed by atoms with Crippen molar-refractivity contribution in [3.8, 4) is 0 Å². The maximum atomic E-state index is 12.1. The molecule has 52 heavy (non-hydrogen) atoms. The smallest absolute Gasteiger partial charge is 0.309 e. The molecule has 10 rings (SSSR count). The van der Waals surface area contributed by atoms with Crippen LogP contribution in [-0.4, -0.2) is 58.0 Å². The Morgan fingerprint density at radius 3 is 1.69 bits per heavy atom. The Bertz CT molecular complexity index is 1280. The van der Waals surface area contributed by atoms with E-state index >= 15 is 0 Å². The monoisotopic (exact) mass is 728 g/mol. The first-order valence-corrected chi connectivity index (χ1v) is 21.1. The molecule has 0 radical (unpaired) electrons. The van der Waals surface area contributed by atoms with Crippen LogP contribution >= 0.6 is 0 Å². The average Bonchev–Trinajstić information content (AvgIpc) is 3.34. The summed E-state index contributed by atoms with van der Waals surface area (Å²) in [7, 11) is 0. The minimum Gasteiger partial charge on any atom is -0.462 e. The van der Waals surface area contributed by atoms with E-state index in [1.807, 2.05) is 34.6 Å². The quantitative estimate of drug-likeness (QED) is 0.185. The molecule has 0 aromatic rings. The predicted octanol–water partition coefficient (Wildman–Crippen LogP) is 8.12. The van der Waals surface area contributed by atoms with Crippen molar-refractivity contribution in [2.75, 3.05) is 0 Å². The lowest BCUT2D eigenvalue weighted by atomic mass is 9.50. The molecule has 0 aromatic heterocycles. The highest BCUT2D eigenvalue weighted by atomic mass is 16.6. The van der Waals surface area contributed by atoms with Gasteiger partial charge in [-0.15, -0.1) is 0 Å². The topological polar surface area (TPSA) is 125 Å². The second-order valence-corrected chi connectivity index (χ2v) is 19.1. The van der Waals surface area contributed by atoms with Crippen LogP contribution in [0.4, 0.5) is 0 Å². The molecule has 9 saturated carbocycles. The fourth-order valence-electron chi connectivity index (χ4n) is 11.8. The van der Waals surface area contributed by atoms with Crippen LogP contribution in [0.1, 0.15) is 158 Å². The van der Waals surface area contributed by atoms with Gasteiger partial charge in [0.15, 0.2) is 0 Å². The number of carbonyl (C=O) groups excluding carboxylic acids is 4. The first-order valence-electron chi connectivity index (χ1n) is 21.1. The van der Waals surface area contributed by atoms with Crippen molar-refractivity contribution >= 4 is 23.9 Å². The zero-order valence-corrected chi connectivity index (χ0v) is 33.2. The highest BCUT2D eigenvalue weighted by Gasteiger charge is 2.60. The van der Waals surface area contributed by atoms with Crippen LogP contribution in [0.3, 0.4) is 0 Å². The molecule has 0 aromatic carbocycles. The minimum absolute atomic E-state index is 0.0207. The van der Waals surface area contributed by atoms with E-state index in [0.717, 1.165) is 63.2 Å². The van der Waals surface area contributed by atoms with Gasteiger partial charge < -0.3 is 24.1 Å². The summed E-state index contributed by atoms with van der Waals surface area (Å²) in [6.45, 7) is 14.0. The molecule has 10 bridgehead atoms. The highest BCUT2D eigenvalue weighted by molar-refractivity contribution is 5.76. The van der Waals surface area contributed by atoms with Crippen LogP contribution < -0.4 is 0 Å². The van der Waals surface area contributed by atoms with Crippen molar-refractivity contribution in [1.82, 2.24) is 0 Å². The number of rotatable bonds is 9. The van der Waals surface area contributed by atoms with E-state index in [0.29, 0.717) is 42.9 Å². The molecular weight excluding hydrogens is 660 g/mol. The molecule has 9 aliphatic carbocycles. The summed E-state index contributed by atoms with van der Waals surface area (Å²) in [5, 5.41) is 10.6. The molecule has 8 atom stereocenters. The fraction of sp³-hybridized carbons (Fsp3) is 0.907. The molecule has 8 unspecified atom stereocenters. The molecular formula is C43H68O9. The van der Waals surface area contributed by atoms with Gasteiger partial charge >= 0.3 is 23.9 Å². The second kappa shape index (κ2) is 15.5. The molecule has 0 spiro atoms. The Hall–Kier alpha value is -2.16. The number of fused-ring (bicyclic) bond motifs is 2. The van der Waals surface area contributed by atoms with Gasteiger partial charge in [-0.1, -0.05) is 41.5 Å². The van der Waals surface area contributed by atoms with Crippen LogP contribution in [-0.2, 0) is 38.1 Å². The Kier molecular flexibility index (Phi) is 11.8. The second-order valence-electron chi connectivity index (χ2n) is 19.1. The first kappa shape index (κ1) is 39.5.